The number of rotatable bonds is 8. The molecule has 2 rings (SSSR count). The fraction of sp³-hybridized carbons (Fsp3) is 0.333. The van der Waals surface area contributed by atoms with E-state index < -0.39 is 12.2 Å². The Morgan fingerprint density at radius 1 is 0.833 bits per heavy atom. The second-order valence-electron chi connectivity index (χ2n) is 5.05. The Labute approximate surface area is 141 Å². The Morgan fingerprint density at radius 3 is 2.00 bits per heavy atom. The summed E-state index contributed by atoms with van der Waals surface area (Å²) in [6.45, 7) is -0.368. The zero-order valence-electron chi connectivity index (χ0n) is 13.9. The van der Waals surface area contributed by atoms with Crippen LogP contribution in [-0.2, 0) is 0 Å². The van der Waals surface area contributed by atoms with E-state index in [1.165, 1.54) is 21.3 Å². The van der Waals surface area contributed by atoms with Crippen molar-refractivity contribution < 1.29 is 29.2 Å². The lowest BCUT2D eigenvalue weighted by Gasteiger charge is -2.24. The Balaban J connectivity index is 2.24. The molecule has 0 aliphatic heterocycles. The van der Waals surface area contributed by atoms with Crippen LogP contribution < -0.4 is 18.9 Å². The lowest BCUT2D eigenvalue weighted by Crippen LogP contribution is -2.29. The van der Waals surface area contributed by atoms with E-state index in [1.54, 1.807) is 36.4 Å². The number of aliphatic hydroxyl groups excluding tert-OH is 2. The molecule has 0 fully saturated rings. The predicted octanol–water partition coefficient (Wildman–Crippen LogP) is 2.19. The molecule has 0 radical (unpaired) electrons. The van der Waals surface area contributed by atoms with Crippen LogP contribution >= 0.6 is 0 Å². The van der Waals surface area contributed by atoms with Crippen molar-refractivity contribution >= 4 is 0 Å². The number of methoxy groups -OCH3 is 3. The van der Waals surface area contributed by atoms with Gasteiger partial charge in [-0.3, -0.25) is 0 Å². The summed E-state index contributed by atoms with van der Waals surface area (Å²) >= 11 is 0. The SMILES string of the molecule is COc1ccc([C@@H](O)[C@H](CO)Oc2ccccc2OC)cc1OC. The van der Waals surface area contributed by atoms with Crippen molar-refractivity contribution in [3.8, 4) is 23.0 Å². The van der Waals surface area contributed by atoms with Gasteiger partial charge in [-0.2, -0.15) is 0 Å². The van der Waals surface area contributed by atoms with Crippen molar-refractivity contribution in [1.29, 1.82) is 0 Å². The molecule has 0 bridgehead atoms. The van der Waals surface area contributed by atoms with Crippen LogP contribution in [0.1, 0.15) is 11.7 Å². The molecule has 2 N–H and O–H groups in total. The van der Waals surface area contributed by atoms with Gasteiger partial charge in [0.2, 0.25) is 0 Å². The highest BCUT2D eigenvalue weighted by atomic mass is 16.5. The van der Waals surface area contributed by atoms with E-state index in [-0.39, 0.29) is 6.61 Å². The monoisotopic (exact) mass is 334 g/mol. The minimum Gasteiger partial charge on any atom is -0.493 e. The minimum absolute atomic E-state index is 0.368. The first-order valence-electron chi connectivity index (χ1n) is 7.45. The fourth-order valence-electron chi connectivity index (χ4n) is 2.33. The van der Waals surface area contributed by atoms with Crippen LogP contribution in [-0.4, -0.2) is 44.3 Å². The van der Waals surface area contributed by atoms with Gasteiger partial charge in [0.25, 0.3) is 0 Å². The molecule has 130 valence electrons. The molecule has 2 atom stereocenters. The molecule has 0 amide bonds. The summed E-state index contributed by atoms with van der Waals surface area (Å²) < 4.78 is 21.4. The van der Waals surface area contributed by atoms with E-state index in [2.05, 4.69) is 0 Å². The number of ether oxygens (including phenoxy) is 4. The Morgan fingerprint density at radius 2 is 1.42 bits per heavy atom. The van der Waals surface area contributed by atoms with Gasteiger partial charge in [0, 0.05) is 0 Å². The summed E-state index contributed by atoms with van der Waals surface area (Å²) in [5, 5.41) is 20.2. The van der Waals surface area contributed by atoms with Gasteiger partial charge < -0.3 is 29.2 Å². The molecule has 0 aromatic heterocycles. The lowest BCUT2D eigenvalue weighted by atomic mass is 10.0. The van der Waals surface area contributed by atoms with Crippen LogP contribution in [0.25, 0.3) is 0 Å². The summed E-state index contributed by atoms with van der Waals surface area (Å²) in [5.41, 5.74) is 0.543. The Hall–Kier alpha value is -2.44. The number of aliphatic hydroxyl groups is 2. The van der Waals surface area contributed by atoms with E-state index in [0.29, 0.717) is 28.6 Å². The smallest absolute Gasteiger partial charge is 0.161 e. The number of hydrogen-bond donors (Lipinski definition) is 2. The Kier molecular flexibility index (Phi) is 6.28. The maximum Gasteiger partial charge on any atom is 0.161 e. The van der Waals surface area contributed by atoms with Crippen LogP contribution in [0.15, 0.2) is 42.5 Å². The van der Waals surface area contributed by atoms with Crippen LogP contribution in [0.5, 0.6) is 23.0 Å². The van der Waals surface area contributed by atoms with Crippen molar-refractivity contribution in [2.75, 3.05) is 27.9 Å². The molecule has 2 aromatic carbocycles. The normalized spacial score (nSPS) is 13.0. The van der Waals surface area contributed by atoms with E-state index in [1.807, 2.05) is 6.07 Å². The van der Waals surface area contributed by atoms with Crippen molar-refractivity contribution in [3.63, 3.8) is 0 Å². The molecule has 0 saturated carbocycles. The van der Waals surface area contributed by atoms with E-state index >= 15 is 0 Å². The molecule has 0 saturated heterocycles. The lowest BCUT2D eigenvalue weighted by molar-refractivity contribution is -0.000514. The topological polar surface area (TPSA) is 77.4 Å². The first-order chi connectivity index (χ1) is 11.6. The molecule has 6 nitrogen and oxygen atoms in total. The van der Waals surface area contributed by atoms with Gasteiger partial charge in [0.05, 0.1) is 27.9 Å². The summed E-state index contributed by atoms with van der Waals surface area (Å²) in [6.07, 6.45) is -1.92. The molecule has 24 heavy (non-hydrogen) atoms. The largest absolute Gasteiger partial charge is 0.493 e. The zero-order chi connectivity index (χ0) is 17.5. The first-order valence-corrected chi connectivity index (χ1v) is 7.45. The second-order valence-corrected chi connectivity index (χ2v) is 5.05. The van der Waals surface area contributed by atoms with E-state index in [4.69, 9.17) is 18.9 Å². The standard InChI is InChI=1S/C18H22O6/c1-21-13-6-4-5-7-15(13)24-17(11-19)18(20)12-8-9-14(22-2)16(10-12)23-3/h4-10,17-20H,11H2,1-3H3/t17-,18+/m0/s1. The zero-order valence-corrected chi connectivity index (χ0v) is 13.9. The highest BCUT2D eigenvalue weighted by Crippen LogP contribution is 2.33. The average Bonchev–Trinajstić information content (AvgIpc) is 2.65. The third kappa shape index (κ3) is 3.90. The van der Waals surface area contributed by atoms with Crippen LogP contribution in [0, 0.1) is 0 Å². The molecular weight excluding hydrogens is 312 g/mol. The predicted molar refractivity (Wildman–Crippen MR) is 89.0 cm³/mol. The molecule has 0 spiro atoms. The van der Waals surface area contributed by atoms with Gasteiger partial charge in [0.1, 0.15) is 6.10 Å². The van der Waals surface area contributed by atoms with Gasteiger partial charge >= 0.3 is 0 Å². The molecule has 0 aliphatic rings. The van der Waals surface area contributed by atoms with Crippen LogP contribution in [0.3, 0.4) is 0 Å². The van der Waals surface area contributed by atoms with Crippen molar-refractivity contribution in [2.24, 2.45) is 0 Å². The van der Waals surface area contributed by atoms with Gasteiger partial charge in [-0.05, 0) is 29.8 Å². The highest BCUT2D eigenvalue weighted by molar-refractivity contribution is 5.44. The second kappa shape index (κ2) is 8.42. The highest BCUT2D eigenvalue weighted by Gasteiger charge is 2.24. The van der Waals surface area contributed by atoms with Gasteiger partial charge in [-0.25, -0.2) is 0 Å². The van der Waals surface area contributed by atoms with Crippen molar-refractivity contribution in [1.82, 2.24) is 0 Å². The summed E-state index contributed by atoms with van der Waals surface area (Å²) in [6, 6.07) is 12.1. The molecular formula is C18H22O6. The minimum atomic E-state index is -1.06. The van der Waals surface area contributed by atoms with E-state index in [0.717, 1.165) is 0 Å². The van der Waals surface area contributed by atoms with Crippen LogP contribution in [0.4, 0.5) is 0 Å². The maximum atomic E-state index is 10.6. The number of para-hydroxylation sites is 2. The quantitative estimate of drug-likeness (QED) is 0.770. The van der Waals surface area contributed by atoms with E-state index in [9.17, 15) is 10.2 Å². The van der Waals surface area contributed by atoms with Crippen LogP contribution in [0.2, 0.25) is 0 Å². The maximum absolute atomic E-state index is 10.6. The summed E-state index contributed by atoms with van der Waals surface area (Å²) in [7, 11) is 4.58. The number of benzene rings is 2. The van der Waals surface area contributed by atoms with Gasteiger partial charge in [-0.15, -0.1) is 0 Å². The first kappa shape index (κ1) is 17.9. The molecule has 2 aromatic rings. The molecule has 6 heteroatoms. The van der Waals surface area contributed by atoms with Crippen molar-refractivity contribution in [2.45, 2.75) is 12.2 Å². The summed E-state index contributed by atoms with van der Waals surface area (Å²) in [5.74, 6) is 2.01. The molecule has 0 heterocycles. The average molecular weight is 334 g/mol. The fourth-order valence-corrected chi connectivity index (χ4v) is 2.33. The molecule has 0 unspecified atom stereocenters. The third-order valence-electron chi connectivity index (χ3n) is 3.63. The Bertz CT molecular complexity index is 658. The van der Waals surface area contributed by atoms with Gasteiger partial charge in [-0.1, -0.05) is 18.2 Å². The molecule has 0 aliphatic carbocycles. The number of hydrogen-bond acceptors (Lipinski definition) is 6. The third-order valence-corrected chi connectivity index (χ3v) is 3.63. The summed E-state index contributed by atoms with van der Waals surface area (Å²) in [4.78, 5) is 0. The van der Waals surface area contributed by atoms with Gasteiger partial charge in [0.15, 0.2) is 29.1 Å². The van der Waals surface area contributed by atoms with Crippen molar-refractivity contribution in [3.05, 3.63) is 48.0 Å².